The number of unbranched alkanes of at least 4 members (excludes halogenated alkanes) is 1. The van der Waals surface area contributed by atoms with Crippen LogP contribution in [-0.4, -0.2) is 23.9 Å². The molecule has 1 aromatic carbocycles. The molecule has 1 aliphatic carbocycles. The van der Waals surface area contributed by atoms with Gasteiger partial charge in [0.05, 0.1) is 15.7 Å². The van der Waals surface area contributed by atoms with Crippen molar-refractivity contribution in [3.63, 3.8) is 0 Å². The summed E-state index contributed by atoms with van der Waals surface area (Å²) in [5, 5.41) is 5.39. The molecule has 1 unspecified atom stereocenters. The molecule has 7 heteroatoms. The molecular formula is C23H31Cl2N3OS. The van der Waals surface area contributed by atoms with Crippen molar-refractivity contribution in [1.29, 1.82) is 0 Å². The van der Waals surface area contributed by atoms with Crippen LogP contribution in [0.25, 0.3) is 11.3 Å². The van der Waals surface area contributed by atoms with Crippen LogP contribution >= 0.6 is 34.5 Å². The van der Waals surface area contributed by atoms with Crippen molar-refractivity contribution in [1.82, 2.24) is 4.98 Å². The van der Waals surface area contributed by atoms with Gasteiger partial charge >= 0.3 is 0 Å². The number of hydrogen-bond donors (Lipinski definition) is 2. The van der Waals surface area contributed by atoms with Gasteiger partial charge in [-0.1, -0.05) is 49.5 Å². The molecule has 1 aromatic heterocycles. The van der Waals surface area contributed by atoms with E-state index in [1.54, 1.807) is 11.3 Å². The van der Waals surface area contributed by atoms with Gasteiger partial charge in [0.25, 0.3) is 0 Å². The molecule has 1 aliphatic rings. The van der Waals surface area contributed by atoms with E-state index in [0.717, 1.165) is 54.9 Å². The standard InChI is InChI=1S/C23H31Cl2N3OS/c1-14(2)11-20-21(16-8-9-18(24)19(25)12-16)28-23(30-20)27-13-17(5-3-4-10-26)22(29)15-6-7-15/h8-9,12,14-15,17H,3-7,10-11,13,26H2,1-2H3,(H,27,28). The van der Waals surface area contributed by atoms with Crippen molar-refractivity contribution < 1.29 is 4.79 Å². The summed E-state index contributed by atoms with van der Waals surface area (Å²) in [6.45, 7) is 5.71. The molecule has 0 saturated heterocycles. The van der Waals surface area contributed by atoms with Gasteiger partial charge in [0.1, 0.15) is 5.78 Å². The number of halogens is 2. The molecule has 4 nitrogen and oxygen atoms in total. The fraction of sp³-hybridized carbons (Fsp3) is 0.565. The van der Waals surface area contributed by atoms with Gasteiger partial charge in [0.2, 0.25) is 0 Å². The van der Waals surface area contributed by atoms with Gasteiger partial charge in [-0.25, -0.2) is 4.98 Å². The zero-order valence-electron chi connectivity index (χ0n) is 17.7. The SMILES string of the molecule is CC(C)Cc1sc(NCC(CCCCN)C(=O)C2CC2)nc1-c1ccc(Cl)c(Cl)c1. The summed E-state index contributed by atoms with van der Waals surface area (Å²) in [5.74, 6) is 1.23. The molecule has 0 aliphatic heterocycles. The number of rotatable bonds is 12. The van der Waals surface area contributed by atoms with Gasteiger partial charge in [0.15, 0.2) is 5.13 Å². The fourth-order valence-corrected chi connectivity index (χ4v) is 5.10. The summed E-state index contributed by atoms with van der Waals surface area (Å²) >= 11 is 14.0. The first kappa shape index (κ1) is 23.5. The highest BCUT2D eigenvalue weighted by Crippen LogP contribution is 2.37. The summed E-state index contributed by atoms with van der Waals surface area (Å²) in [6.07, 6.45) is 5.88. The lowest BCUT2D eigenvalue weighted by Crippen LogP contribution is -2.25. The topological polar surface area (TPSA) is 68.0 Å². The number of aromatic nitrogens is 1. The van der Waals surface area contributed by atoms with E-state index in [9.17, 15) is 4.79 Å². The van der Waals surface area contributed by atoms with Crippen molar-refractivity contribution in [2.24, 2.45) is 23.5 Å². The van der Waals surface area contributed by atoms with Crippen molar-refractivity contribution in [2.45, 2.75) is 52.4 Å². The first-order valence-electron chi connectivity index (χ1n) is 10.8. The van der Waals surface area contributed by atoms with E-state index in [2.05, 4.69) is 19.2 Å². The van der Waals surface area contributed by atoms with Gasteiger partial charge in [-0.15, -0.1) is 11.3 Å². The maximum atomic E-state index is 12.7. The summed E-state index contributed by atoms with van der Waals surface area (Å²) < 4.78 is 0. The van der Waals surface area contributed by atoms with Crippen LogP contribution in [0.15, 0.2) is 18.2 Å². The highest BCUT2D eigenvalue weighted by Gasteiger charge is 2.34. The fourth-order valence-electron chi connectivity index (χ4n) is 3.60. The molecule has 0 amide bonds. The molecule has 164 valence electrons. The van der Waals surface area contributed by atoms with Crippen molar-refractivity contribution in [3.05, 3.63) is 33.1 Å². The van der Waals surface area contributed by atoms with Crippen LogP contribution < -0.4 is 11.1 Å². The number of nitrogens with two attached hydrogens (primary N) is 1. The smallest absolute Gasteiger partial charge is 0.183 e. The number of Topliss-reactive ketones (excluding diaryl/α,β-unsaturated/α-hetero) is 1. The predicted octanol–water partition coefficient (Wildman–Crippen LogP) is 6.45. The number of thiazole rings is 1. The summed E-state index contributed by atoms with van der Waals surface area (Å²) in [7, 11) is 0. The van der Waals surface area contributed by atoms with Crippen LogP contribution in [0.3, 0.4) is 0 Å². The molecule has 3 N–H and O–H groups in total. The number of ketones is 1. The highest BCUT2D eigenvalue weighted by molar-refractivity contribution is 7.16. The minimum atomic E-state index is 0.0370. The quantitative estimate of drug-likeness (QED) is 0.351. The molecule has 30 heavy (non-hydrogen) atoms. The molecule has 1 atom stereocenters. The molecule has 2 aromatic rings. The van der Waals surface area contributed by atoms with Gasteiger partial charge < -0.3 is 11.1 Å². The van der Waals surface area contributed by atoms with Gasteiger partial charge in [-0.3, -0.25) is 4.79 Å². The normalized spacial score (nSPS) is 14.9. The number of nitrogens with zero attached hydrogens (tertiary/aromatic N) is 1. The zero-order valence-corrected chi connectivity index (χ0v) is 20.0. The van der Waals surface area contributed by atoms with Gasteiger partial charge in [-0.2, -0.15) is 0 Å². The van der Waals surface area contributed by atoms with Crippen LogP contribution in [0.4, 0.5) is 5.13 Å². The number of anilines is 1. The minimum Gasteiger partial charge on any atom is -0.361 e. The van der Waals surface area contributed by atoms with Crippen molar-refractivity contribution in [2.75, 3.05) is 18.4 Å². The molecule has 3 rings (SSSR count). The maximum absolute atomic E-state index is 12.7. The molecule has 1 heterocycles. The second-order valence-corrected chi connectivity index (χ2v) is 10.5. The van der Waals surface area contributed by atoms with Gasteiger partial charge in [-0.05, 0) is 56.7 Å². The number of benzene rings is 1. The second kappa shape index (κ2) is 10.9. The highest BCUT2D eigenvalue weighted by atomic mass is 35.5. The number of hydrogen-bond acceptors (Lipinski definition) is 5. The monoisotopic (exact) mass is 467 g/mol. The lowest BCUT2D eigenvalue weighted by Gasteiger charge is -2.16. The Morgan fingerprint density at radius 2 is 2.03 bits per heavy atom. The maximum Gasteiger partial charge on any atom is 0.183 e. The average Bonchev–Trinajstić information content (AvgIpc) is 3.48. The Morgan fingerprint density at radius 3 is 2.67 bits per heavy atom. The van der Waals surface area contributed by atoms with Crippen LogP contribution in [0.5, 0.6) is 0 Å². The largest absolute Gasteiger partial charge is 0.361 e. The molecule has 0 spiro atoms. The van der Waals surface area contributed by atoms with E-state index in [4.69, 9.17) is 33.9 Å². The molecule has 0 bridgehead atoms. The van der Waals surface area contributed by atoms with E-state index in [0.29, 0.717) is 34.8 Å². The third kappa shape index (κ3) is 6.43. The Labute approximate surface area is 193 Å². The summed E-state index contributed by atoms with van der Waals surface area (Å²) in [4.78, 5) is 18.8. The Kier molecular flexibility index (Phi) is 8.58. The lowest BCUT2D eigenvalue weighted by atomic mass is 9.94. The first-order valence-corrected chi connectivity index (χ1v) is 12.4. The van der Waals surface area contributed by atoms with Crippen LogP contribution in [0, 0.1) is 17.8 Å². The Morgan fingerprint density at radius 1 is 1.27 bits per heavy atom. The predicted molar refractivity (Wildman–Crippen MR) is 129 cm³/mol. The lowest BCUT2D eigenvalue weighted by molar-refractivity contribution is -0.123. The van der Waals surface area contributed by atoms with E-state index >= 15 is 0 Å². The van der Waals surface area contributed by atoms with Crippen molar-refractivity contribution in [3.8, 4) is 11.3 Å². The summed E-state index contributed by atoms with van der Waals surface area (Å²) in [6, 6.07) is 5.65. The van der Waals surface area contributed by atoms with E-state index in [-0.39, 0.29) is 11.8 Å². The first-order chi connectivity index (χ1) is 14.4. The van der Waals surface area contributed by atoms with E-state index < -0.39 is 0 Å². The third-order valence-corrected chi connectivity index (χ3v) is 7.15. The number of carbonyl (C=O) groups is 1. The van der Waals surface area contributed by atoms with Crippen LogP contribution in [0.1, 0.15) is 50.8 Å². The van der Waals surface area contributed by atoms with Gasteiger partial charge in [0, 0.05) is 28.8 Å². The number of nitrogens with one attached hydrogen (secondary N) is 1. The molecule has 1 fully saturated rings. The van der Waals surface area contributed by atoms with E-state index in [1.165, 1.54) is 4.88 Å². The molecular weight excluding hydrogens is 437 g/mol. The zero-order chi connectivity index (χ0) is 21.7. The van der Waals surface area contributed by atoms with Crippen LogP contribution in [0.2, 0.25) is 10.0 Å². The Hall–Kier alpha value is -1.14. The Balaban J connectivity index is 1.76. The van der Waals surface area contributed by atoms with E-state index in [1.807, 2.05) is 18.2 Å². The minimum absolute atomic E-state index is 0.0370. The Bertz CT molecular complexity index is 864. The molecule has 1 saturated carbocycles. The average molecular weight is 468 g/mol. The summed E-state index contributed by atoms with van der Waals surface area (Å²) in [5.41, 5.74) is 7.55. The van der Waals surface area contributed by atoms with Crippen LogP contribution in [-0.2, 0) is 11.2 Å². The van der Waals surface area contributed by atoms with Crippen molar-refractivity contribution >= 4 is 45.5 Å². The second-order valence-electron chi connectivity index (χ2n) is 8.56. The molecule has 0 radical (unpaired) electrons. The number of carbonyl (C=O) groups excluding carboxylic acids is 1. The third-order valence-electron chi connectivity index (χ3n) is 5.37.